The van der Waals surface area contributed by atoms with Gasteiger partial charge in [-0.3, -0.25) is 0 Å². The van der Waals surface area contributed by atoms with Crippen molar-refractivity contribution in [3.05, 3.63) is 35.9 Å². The highest BCUT2D eigenvalue weighted by atomic mass is 19.2. The number of methoxy groups -OCH3 is 2. The van der Waals surface area contributed by atoms with E-state index in [1.54, 1.807) is 14.2 Å². The lowest BCUT2D eigenvalue weighted by atomic mass is 9.70. The largest absolute Gasteiger partial charge is 0.493 e. The van der Waals surface area contributed by atoms with E-state index < -0.39 is 5.79 Å². The van der Waals surface area contributed by atoms with Crippen molar-refractivity contribution in [1.29, 1.82) is 0 Å². The summed E-state index contributed by atoms with van der Waals surface area (Å²) >= 11 is 0. The summed E-state index contributed by atoms with van der Waals surface area (Å²) in [5.41, 5.74) is 0.789. The Kier molecular flexibility index (Phi) is 5.32. The molecule has 25 heavy (non-hydrogen) atoms. The number of hydrogen-bond donors (Lipinski definition) is 0. The van der Waals surface area contributed by atoms with Crippen molar-refractivity contribution >= 4 is 0 Å². The van der Waals surface area contributed by atoms with Crippen LogP contribution in [0.5, 0.6) is 11.5 Å². The second-order valence-corrected chi connectivity index (χ2v) is 6.65. The molecular weight excluding hydrogens is 325 g/mol. The van der Waals surface area contributed by atoms with Crippen LogP contribution in [-0.4, -0.2) is 51.9 Å². The van der Waals surface area contributed by atoms with Gasteiger partial charge in [0.05, 0.1) is 27.4 Å². The average Bonchev–Trinajstić information content (AvgIpc) is 3.09. The number of allylic oxidation sites excluding steroid dienone is 1. The van der Waals surface area contributed by atoms with Crippen molar-refractivity contribution in [3.8, 4) is 11.5 Å². The Balaban J connectivity index is 1.95. The Bertz CT molecular complexity index is 628. The van der Waals surface area contributed by atoms with Crippen LogP contribution in [0.1, 0.15) is 24.8 Å². The lowest BCUT2D eigenvalue weighted by Crippen LogP contribution is -2.39. The first kappa shape index (κ1) is 18.2. The van der Waals surface area contributed by atoms with Gasteiger partial charge in [0.1, 0.15) is 0 Å². The van der Waals surface area contributed by atoms with E-state index in [9.17, 15) is 4.48 Å². The maximum atomic E-state index is 13.4. The first-order valence-electron chi connectivity index (χ1n) is 8.60. The standard InChI is InChI=1S/C19H26FNO4/c1-21(20)11-10-18(6-8-19(9-7-18)24-12-13-25-19)15-4-5-16(22-2)17(14-15)23-3/h4-6,8,14H,7,9-13H2,1-3H3. The van der Waals surface area contributed by atoms with Crippen molar-refractivity contribution < 1.29 is 23.4 Å². The molecule has 1 spiro atoms. The Labute approximate surface area is 148 Å². The molecule has 0 bridgehead atoms. The maximum absolute atomic E-state index is 13.4. The molecule has 2 aliphatic rings. The summed E-state index contributed by atoms with van der Waals surface area (Å²) in [5.74, 6) is 0.750. The van der Waals surface area contributed by atoms with Gasteiger partial charge >= 0.3 is 0 Å². The molecule has 1 aromatic rings. The van der Waals surface area contributed by atoms with E-state index in [-0.39, 0.29) is 5.41 Å². The van der Waals surface area contributed by atoms with Gasteiger partial charge in [-0.1, -0.05) is 12.1 Å². The zero-order chi connectivity index (χ0) is 17.9. The quantitative estimate of drug-likeness (QED) is 0.581. The van der Waals surface area contributed by atoms with Crippen LogP contribution in [0.3, 0.4) is 0 Å². The molecule has 0 aromatic heterocycles. The number of hydrogen-bond acceptors (Lipinski definition) is 5. The van der Waals surface area contributed by atoms with Gasteiger partial charge in [-0.05, 0) is 36.6 Å². The van der Waals surface area contributed by atoms with Crippen LogP contribution < -0.4 is 9.47 Å². The number of halogens is 1. The van der Waals surface area contributed by atoms with Gasteiger partial charge in [0.2, 0.25) is 0 Å². The van der Waals surface area contributed by atoms with Gasteiger partial charge in [-0.15, -0.1) is 9.60 Å². The van der Waals surface area contributed by atoms with Crippen molar-refractivity contribution in [1.82, 2.24) is 5.12 Å². The average molecular weight is 351 g/mol. The van der Waals surface area contributed by atoms with Gasteiger partial charge in [0.25, 0.3) is 0 Å². The van der Waals surface area contributed by atoms with Crippen LogP contribution >= 0.6 is 0 Å². The van der Waals surface area contributed by atoms with E-state index in [1.165, 1.54) is 7.05 Å². The molecule has 0 N–H and O–H groups in total. The van der Waals surface area contributed by atoms with Gasteiger partial charge in [-0.2, -0.15) is 0 Å². The van der Waals surface area contributed by atoms with Gasteiger partial charge in [-0.25, -0.2) is 0 Å². The molecule has 0 saturated carbocycles. The molecule has 1 atom stereocenters. The third-order valence-electron chi connectivity index (χ3n) is 5.18. The first-order valence-corrected chi connectivity index (χ1v) is 8.60. The van der Waals surface area contributed by atoms with E-state index in [2.05, 4.69) is 6.08 Å². The van der Waals surface area contributed by atoms with Crippen LogP contribution in [0.15, 0.2) is 30.4 Å². The molecular formula is C19H26FNO4. The summed E-state index contributed by atoms with van der Waals surface area (Å²) in [7, 11) is 4.68. The van der Waals surface area contributed by atoms with E-state index >= 15 is 0 Å². The zero-order valence-electron chi connectivity index (χ0n) is 15.1. The molecule has 1 unspecified atom stereocenters. The molecule has 1 aromatic carbocycles. The molecule has 1 fully saturated rings. The summed E-state index contributed by atoms with van der Waals surface area (Å²) in [4.78, 5) is 0. The van der Waals surface area contributed by atoms with Crippen molar-refractivity contribution in [3.63, 3.8) is 0 Å². The molecule has 1 aliphatic heterocycles. The Morgan fingerprint density at radius 3 is 2.36 bits per heavy atom. The zero-order valence-corrected chi connectivity index (χ0v) is 15.1. The number of benzene rings is 1. The predicted molar refractivity (Wildman–Crippen MR) is 92.6 cm³/mol. The van der Waals surface area contributed by atoms with Gasteiger partial charge < -0.3 is 18.9 Å². The second kappa shape index (κ2) is 7.32. The fourth-order valence-corrected chi connectivity index (χ4v) is 3.65. The van der Waals surface area contributed by atoms with E-state index in [4.69, 9.17) is 18.9 Å². The van der Waals surface area contributed by atoms with Crippen molar-refractivity contribution in [2.45, 2.75) is 30.5 Å². The lowest BCUT2D eigenvalue weighted by molar-refractivity contribution is -0.129. The normalized spacial score (nSPS) is 24.8. The minimum atomic E-state index is -0.609. The first-order chi connectivity index (χ1) is 12.0. The van der Waals surface area contributed by atoms with E-state index in [0.29, 0.717) is 37.7 Å². The maximum Gasteiger partial charge on any atom is 0.188 e. The van der Waals surface area contributed by atoms with Crippen LogP contribution in [-0.2, 0) is 14.9 Å². The highest BCUT2D eigenvalue weighted by Gasteiger charge is 2.43. The summed E-state index contributed by atoms with van der Waals surface area (Å²) in [6.07, 6.45) is 6.33. The van der Waals surface area contributed by atoms with Gasteiger partial charge in [0, 0.05) is 25.4 Å². The lowest BCUT2D eigenvalue weighted by Gasteiger charge is -2.40. The topological polar surface area (TPSA) is 40.2 Å². The molecule has 3 rings (SSSR count). The van der Waals surface area contributed by atoms with Gasteiger partial charge in [0.15, 0.2) is 17.3 Å². The third kappa shape index (κ3) is 3.66. The minimum absolute atomic E-state index is 0.291. The van der Waals surface area contributed by atoms with Crippen molar-refractivity contribution in [2.75, 3.05) is 41.0 Å². The highest BCUT2D eigenvalue weighted by molar-refractivity contribution is 5.47. The highest BCUT2D eigenvalue weighted by Crippen LogP contribution is 2.45. The van der Waals surface area contributed by atoms with E-state index in [1.807, 2.05) is 24.3 Å². The summed E-state index contributed by atoms with van der Waals surface area (Å²) in [6.45, 7) is 1.56. The monoisotopic (exact) mass is 351 g/mol. The number of rotatable bonds is 6. The second-order valence-electron chi connectivity index (χ2n) is 6.65. The Hall–Kier alpha value is -1.63. The molecule has 0 radical (unpaired) electrons. The minimum Gasteiger partial charge on any atom is -0.493 e. The summed E-state index contributed by atoms with van der Waals surface area (Å²) in [6, 6.07) is 5.91. The smallest absolute Gasteiger partial charge is 0.188 e. The number of ether oxygens (including phenoxy) is 4. The van der Waals surface area contributed by atoms with Crippen LogP contribution in [0.25, 0.3) is 0 Å². The number of nitrogens with zero attached hydrogens (tertiary/aromatic N) is 1. The van der Waals surface area contributed by atoms with Crippen LogP contribution in [0.2, 0.25) is 0 Å². The predicted octanol–water partition coefficient (Wildman–Crippen LogP) is 3.24. The fraction of sp³-hybridized carbons (Fsp3) is 0.579. The Morgan fingerprint density at radius 1 is 1.08 bits per heavy atom. The summed E-state index contributed by atoms with van der Waals surface area (Å²) < 4.78 is 35.8. The summed E-state index contributed by atoms with van der Waals surface area (Å²) in [5, 5.41) is 0.725. The Morgan fingerprint density at radius 2 is 1.80 bits per heavy atom. The molecule has 6 heteroatoms. The SMILES string of the molecule is COc1ccc(C2(CCN(C)F)C=CC3(CC2)OCCO3)cc1OC. The van der Waals surface area contributed by atoms with Crippen LogP contribution in [0.4, 0.5) is 4.48 Å². The van der Waals surface area contributed by atoms with E-state index in [0.717, 1.165) is 23.5 Å². The third-order valence-corrected chi connectivity index (χ3v) is 5.18. The molecule has 1 heterocycles. The molecule has 138 valence electrons. The van der Waals surface area contributed by atoms with Crippen molar-refractivity contribution in [2.24, 2.45) is 0 Å². The molecule has 1 aliphatic carbocycles. The fourth-order valence-electron chi connectivity index (χ4n) is 3.65. The molecule has 5 nitrogen and oxygen atoms in total. The van der Waals surface area contributed by atoms with Crippen LogP contribution in [0, 0.1) is 0 Å². The molecule has 1 saturated heterocycles. The molecule has 0 amide bonds.